The molecule has 6 nitrogen and oxygen atoms in total. The molecule has 0 amide bonds. The molecule has 0 saturated heterocycles. The van der Waals surface area contributed by atoms with Crippen molar-refractivity contribution in [2.24, 2.45) is 5.92 Å². The van der Waals surface area contributed by atoms with Crippen molar-refractivity contribution in [1.29, 1.82) is 0 Å². The molecule has 2 N–H and O–H groups in total. The third-order valence-corrected chi connectivity index (χ3v) is 2.84. The molecule has 1 aliphatic rings. The summed E-state index contributed by atoms with van der Waals surface area (Å²) in [7, 11) is 1.69. The second-order valence-electron chi connectivity index (χ2n) is 3.26. The van der Waals surface area contributed by atoms with E-state index >= 15 is 0 Å². The number of carboxylic acids is 2. The van der Waals surface area contributed by atoms with Gasteiger partial charge in [-0.05, 0) is 0 Å². The Balaban J connectivity index is 2.80. The predicted octanol–water partition coefficient (Wildman–Crippen LogP) is 0.516. The van der Waals surface area contributed by atoms with E-state index in [1.165, 1.54) is 3.93 Å². The molecule has 2 unspecified atom stereocenters. The van der Waals surface area contributed by atoms with Crippen LogP contribution in [-0.2, 0) is 9.59 Å². The molecular weight excluding hydrogens is 268 g/mol. The lowest BCUT2D eigenvalue weighted by molar-refractivity contribution is -0.151. The molecule has 0 aromatic carbocycles. The van der Waals surface area contributed by atoms with Gasteiger partial charge in [0.2, 0.25) is 0 Å². The predicted molar refractivity (Wildman–Crippen MR) is 54.8 cm³/mol. The average Bonchev–Trinajstić information content (AvgIpc) is 2.42. The fourth-order valence-electron chi connectivity index (χ4n) is 1.48. The van der Waals surface area contributed by atoms with Gasteiger partial charge in [0.05, 0.1) is 22.6 Å². The molecule has 0 saturated carbocycles. The highest BCUT2D eigenvalue weighted by Crippen LogP contribution is 2.26. The van der Waals surface area contributed by atoms with Crippen molar-refractivity contribution in [2.45, 2.75) is 12.6 Å². The zero-order valence-electron chi connectivity index (χ0n) is 8.00. The van der Waals surface area contributed by atoms with Gasteiger partial charge in [-0.2, -0.15) is 0 Å². The van der Waals surface area contributed by atoms with Crippen molar-refractivity contribution in [1.82, 2.24) is 8.83 Å². The minimum atomic E-state index is -1.12. The van der Waals surface area contributed by atoms with Gasteiger partial charge in [0.1, 0.15) is 12.1 Å². The van der Waals surface area contributed by atoms with Gasteiger partial charge >= 0.3 is 11.9 Å². The first-order valence-corrected chi connectivity index (χ1v) is 4.93. The lowest BCUT2D eigenvalue weighted by atomic mass is 10.0. The average molecular weight is 279 g/mol. The number of hydrogen-bond acceptors (Lipinski definition) is 4. The lowest BCUT2D eigenvalue weighted by Gasteiger charge is -2.30. The molecule has 1 aliphatic heterocycles. The van der Waals surface area contributed by atoms with E-state index in [1.54, 1.807) is 24.3 Å². The molecule has 1 rings (SSSR count). The van der Waals surface area contributed by atoms with E-state index in [9.17, 15) is 9.59 Å². The first-order valence-electron chi connectivity index (χ1n) is 4.22. The first-order chi connectivity index (χ1) is 6.93. The van der Waals surface area contributed by atoms with Gasteiger partial charge in [-0.1, -0.05) is 0 Å². The fraction of sp³-hybridized carbons (Fsp3) is 0.500. The molecule has 1 heterocycles. The van der Waals surface area contributed by atoms with E-state index < -0.39 is 30.4 Å². The Kier molecular flexibility index (Phi) is 3.57. The molecule has 0 radical (unpaired) electrons. The van der Waals surface area contributed by atoms with Crippen molar-refractivity contribution < 1.29 is 19.8 Å². The number of carboxylic acid groups (broad SMARTS) is 2. The van der Waals surface area contributed by atoms with Crippen LogP contribution in [0.2, 0.25) is 0 Å². The minimum absolute atomic E-state index is 0.409. The summed E-state index contributed by atoms with van der Waals surface area (Å²) in [6.45, 7) is 0. The molecule has 0 fully saturated rings. The third kappa shape index (κ3) is 2.62. The summed E-state index contributed by atoms with van der Waals surface area (Å²) in [5.41, 5.74) is 0. The van der Waals surface area contributed by atoms with Crippen molar-refractivity contribution in [3.63, 3.8) is 0 Å². The van der Waals surface area contributed by atoms with Crippen LogP contribution in [-0.4, -0.2) is 44.2 Å². The summed E-state index contributed by atoms with van der Waals surface area (Å²) in [6.07, 6.45) is 2.40. The Bertz CT molecular complexity index is 295. The van der Waals surface area contributed by atoms with E-state index in [1.807, 2.05) is 0 Å². The highest BCUT2D eigenvalue weighted by Gasteiger charge is 2.37. The summed E-state index contributed by atoms with van der Waals surface area (Å²) in [5.74, 6) is -3.23. The van der Waals surface area contributed by atoms with E-state index in [2.05, 4.69) is 16.1 Å². The summed E-state index contributed by atoms with van der Waals surface area (Å²) < 4.78 is 1.51. The molecule has 15 heavy (non-hydrogen) atoms. The van der Waals surface area contributed by atoms with Gasteiger partial charge < -0.3 is 15.1 Å². The first kappa shape index (κ1) is 11.8. The van der Waals surface area contributed by atoms with Crippen LogP contribution in [0.25, 0.3) is 0 Å². The summed E-state index contributed by atoms with van der Waals surface area (Å²) >= 11 is 3.15. The quantitative estimate of drug-likeness (QED) is 0.730. The molecule has 0 spiro atoms. The van der Waals surface area contributed by atoms with Crippen LogP contribution in [0.15, 0.2) is 12.4 Å². The van der Waals surface area contributed by atoms with Crippen molar-refractivity contribution in [3.05, 3.63) is 12.4 Å². The SMILES string of the molecule is CN1C=CN(Br)C1C(CC(=O)O)C(=O)O. The topological polar surface area (TPSA) is 81.1 Å². The van der Waals surface area contributed by atoms with Gasteiger partial charge in [-0.15, -0.1) is 0 Å². The standard InChI is InChI=1S/C8H11BrN2O4/c1-10-2-3-11(9)7(10)5(8(14)15)4-6(12)13/h2-3,5,7H,4H2,1H3,(H,12,13)(H,14,15). The highest BCUT2D eigenvalue weighted by atomic mass is 79.9. The Morgan fingerprint density at radius 3 is 2.40 bits per heavy atom. The van der Waals surface area contributed by atoms with Gasteiger partial charge in [0.25, 0.3) is 0 Å². The minimum Gasteiger partial charge on any atom is -0.481 e. The van der Waals surface area contributed by atoms with E-state index in [4.69, 9.17) is 10.2 Å². The molecule has 7 heteroatoms. The number of halogens is 1. The summed E-state index contributed by atoms with van der Waals surface area (Å²) in [6, 6.07) is 0. The summed E-state index contributed by atoms with van der Waals surface area (Å²) in [5, 5.41) is 17.6. The van der Waals surface area contributed by atoms with Crippen LogP contribution in [0.5, 0.6) is 0 Å². The Hall–Kier alpha value is -1.24. The van der Waals surface area contributed by atoms with Crippen molar-refractivity contribution >= 4 is 28.1 Å². The van der Waals surface area contributed by atoms with Crippen LogP contribution in [0.3, 0.4) is 0 Å². The molecule has 0 aromatic heterocycles. The maximum atomic E-state index is 10.9. The molecule has 0 aromatic rings. The van der Waals surface area contributed by atoms with Crippen LogP contribution in [0, 0.1) is 5.92 Å². The monoisotopic (exact) mass is 278 g/mol. The van der Waals surface area contributed by atoms with E-state index in [0.717, 1.165) is 0 Å². The molecular formula is C8H11BrN2O4. The molecule has 0 aliphatic carbocycles. The fourth-order valence-corrected chi connectivity index (χ4v) is 2.16. The summed E-state index contributed by atoms with van der Waals surface area (Å²) in [4.78, 5) is 23.1. The number of aliphatic carboxylic acids is 2. The number of rotatable bonds is 4. The van der Waals surface area contributed by atoms with E-state index in [0.29, 0.717) is 0 Å². The Morgan fingerprint density at radius 2 is 2.07 bits per heavy atom. The van der Waals surface area contributed by atoms with Crippen LogP contribution in [0.1, 0.15) is 6.42 Å². The van der Waals surface area contributed by atoms with Crippen LogP contribution in [0.4, 0.5) is 0 Å². The van der Waals surface area contributed by atoms with Gasteiger partial charge in [-0.25, -0.2) is 0 Å². The molecule has 84 valence electrons. The number of carbonyl (C=O) groups is 2. The van der Waals surface area contributed by atoms with Crippen molar-refractivity contribution in [2.75, 3.05) is 7.05 Å². The Labute approximate surface area is 95.1 Å². The largest absolute Gasteiger partial charge is 0.481 e. The smallest absolute Gasteiger partial charge is 0.311 e. The normalized spacial score (nSPS) is 21.9. The molecule has 2 atom stereocenters. The van der Waals surface area contributed by atoms with Gasteiger partial charge in [0.15, 0.2) is 0 Å². The zero-order valence-corrected chi connectivity index (χ0v) is 9.59. The van der Waals surface area contributed by atoms with Gasteiger partial charge in [0, 0.05) is 19.4 Å². The Morgan fingerprint density at radius 1 is 1.47 bits per heavy atom. The second-order valence-corrected chi connectivity index (χ2v) is 4.08. The van der Waals surface area contributed by atoms with Crippen LogP contribution >= 0.6 is 16.1 Å². The third-order valence-electron chi connectivity index (χ3n) is 2.19. The number of nitrogens with zero attached hydrogens (tertiary/aromatic N) is 2. The van der Waals surface area contributed by atoms with Gasteiger partial charge in [-0.3, -0.25) is 13.5 Å². The lowest BCUT2D eigenvalue weighted by Crippen LogP contribution is -2.43. The van der Waals surface area contributed by atoms with E-state index in [-0.39, 0.29) is 0 Å². The zero-order chi connectivity index (χ0) is 11.6. The maximum Gasteiger partial charge on any atom is 0.311 e. The number of hydrogen-bond donors (Lipinski definition) is 2. The second kappa shape index (κ2) is 4.52. The van der Waals surface area contributed by atoms with Crippen molar-refractivity contribution in [3.8, 4) is 0 Å². The maximum absolute atomic E-state index is 10.9. The highest BCUT2D eigenvalue weighted by molar-refractivity contribution is 9.07. The van der Waals surface area contributed by atoms with Crippen LogP contribution < -0.4 is 0 Å². The molecule has 0 bridgehead atoms.